The molecule has 0 spiro atoms. The molecule has 7 heteroatoms. The molecule has 0 saturated carbocycles. The Bertz CT molecular complexity index is 518. The first-order valence-corrected chi connectivity index (χ1v) is 6.20. The summed E-state index contributed by atoms with van der Waals surface area (Å²) in [4.78, 5) is 11.4. The van der Waals surface area contributed by atoms with Crippen molar-refractivity contribution in [2.24, 2.45) is 0 Å². The number of rotatable bonds is 3. The highest BCUT2D eigenvalue weighted by Crippen LogP contribution is 2.04. The molecule has 0 amide bonds. The van der Waals surface area contributed by atoms with E-state index in [2.05, 4.69) is 14.9 Å². The highest BCUT2D eigenvalue weighted by Gasteiger charge is 2.09. The average molecular weight is 231 g/mol. The first-order valence-electron chi connectivity index (χ1n) is 4.30. The van der Waals surface area contributed by atoms with Gasteiger partial charge in [0.2, 0.25) is 10.0 Å². The molecular formula is C8H13N3O3S. The zero-order valence-electron chi connectivity index (χ0n) is 8.79. The highest BCUT2D eigenvalue weighted by atomic mass is 32.2. The number of hydrogen-bond donors (Lipinski definition) is 2. The van der Waals surface area contributed by atoms with Crippen molar-refractivity contribution in [3.8, 4) is 0 Å². The summed E-state index contributed by atoms with van der Waals surface area (Å²) in [5.41, 5.74) is 1.41. The second-order valence-electron chi connectivity index (χ2n) is 3.33. The molecule has 6 nitrogen and oxygen atoms in total. The molecule has 0 bridgehead atoms. The van der Waals surface area contributed by atoms with Crippen LogP contribution in [0.5, 0.6) is 0 Å². The first kappa shape index (κ1) is 11.9. The third-order valence-corrected chi connectivity index (χ3v) is 2.77. The molecule has 0 aliphatic heterocycles. The van der Waals surface area contributed by atoms with Gasteiger partial charge in [-0.2, -0.15) is 5.10 Å². The van der Waals surface area contributed by atoms with Gasteiger partial charge in [-0.05, 0) is 19.4 Å². The van der Waals surface area contributed by atoms with Crippen molar-refractivity contribution in [2.75, 3.05) is 6.26 Å². The van der Waals surface area contributed by atoms with Crippen molar-refractivity contribution < 1.29 is 8.42 Å². The van der Waals surface area contributed by atoms with Gasteiger partial charge in [0.25, 0.3) is 5.56 Å². The Morgan fingerprint density at radius 1 is 1.40 bits per heavy atom. The molecule has 0 aromatic carbocycles. The van der Waals surface area contributed by atoms with Gasteiger partial charge in [-0.3, -0.25) is 4.79 Å². The van der Waals surface area contributed by atoms with Crippen molar-refractivity contribution in [1.29, 1.82) is 0 Å². The molecule has 1 rings (SSSR count). The van der Waals surface area contributed by atoms with E-state index >= 15 is 0 Å². The van der Waals surface area contributed by atoms with Gasteiger partial charge >= 0.3 is 0 Å². The van der Waals surface area contributed by atoms with Gasteiger partial charge in [-0.15, -0.1) is 0 Å². The van der Waals surface area contributed by atoms with Gasteiger partial charge in [-0.1, -0.05) is 0 Å². The Labute approximate surface area is 87.8 Å². The summed E-state index contributed by atoms with van der Waals surface area (Å²) in [6.07, 6.45) is 1.05. The zero-order chi connectivity index (χ0) is 11.6. The summed E-state index contributed by atoms with van der Waals surface area (Å²) in [5.74, 6) is 0. The smallest absolute Gasteiger partial charge is 0.268 e. The molecule has 1 aromatic heterocycles. The third kappa shape index (κ3) is 3.14. The Morgan fingerprint density at radius 3 is 2.53 bits per heavy atom. The molecule has 0 atom stereocenters. The van der Waals surface area contributed by atoms with Crippen molar-refractivity contribution >= 4 is 10.0 Å². The van der Waals surface area contributed by atoms with E-state index in [0.717, 1.165) is 6.26 Å². The summed E-state index contributed by atoms with van der Waals surface area (Å²) in [6.45, 7) is 3.47. The van der Waals surface area contributed by atoms with Crippen LogP contribution in [0.15, 0.2) is 4.79 Å². The van der Waals surface area contributed by atoms with Crippen LogP contribution in [0.1, 0.15) is 16.8 Å². The van der Waals surface area contributed by atoms with Gasteiger partial charge in [0.15, 0.2) is 0 Å². The van der Waals surface area contributed by atoms with Crippen molar-refractivity contribution in [1.82, 2.24) is 14.9 Å². The number of H-pyrrole nitrogens is 1. The topological polar surface area (TPSA) is 91.9 Å². The maximum Gasteiger partial charge on any atom is 0.268 e. The zero-order valence-corrected chi connectivity index (χ0v) is 9.60. The number of aryl methyl sites for hydroxylation is 1. The van der Waals surface area contributed by atoms with E-state index in [-0.39, 0.29) is 12.1 Å². The molecule has 15 heavy (non-hydrogen) atoms. The lowest BCUT2D eigenvalue weighted by atomic mass is 10.1. The van der Waals surface area contributed by atoms with E-state index < -0.39 is 10.0 Å². The minimum Gasteiger partial charge on any atom is -0.268 e. The van der Waals surface area contributed by atoms with E-state index in [9.17, 15) is 13.2 Å². The van der Waals surface area contributed by atoms with Gasteiger partial charge in [0, 0.05) is 12.1 Å². The molecule has 84 valence electrons. The van der Waals surface area contributed by atoms with Crippen LogP contribution in [-0.4, -0.2) is 24.9 Å². The van der Waals surface area contributed by atoms with Crippen molar-refractivity contribution in [3.63, 3.8) is 0 Å². The molecular weight excluding hydrogens is 218 g/mol. The van der Waals surface area contributed by atoms with E-state index in [1.54, 1.807) is 13.8 Å². The lowest BCUT2D eigenvalue weighted by Crippen LogP contribution is -2.27. The van der Waals surface area contributed by atoms with E-state index in [0.29, 0.717) is 16.8 Å². The maximum atomic E-state index is 11.4. The fourth-order valence-electron chi connectivity index (χ4n) is 1.09. The standard InChI is InChI=1S/C8H13N3O3S/c1-5-6(2)10-11-8(12)7(5)4-9-15(3,13)14/h9H,4H2,1-3H3,(H,11,12). The van der Waals surface area contributed by atoms with E-state index in [4.69, 9.17) is 0 Å². The quantitative estimate of drug-likeness (QED) is 0.729. The van der Waals surface area contributed by atoms with Gasteiger partial charge in [0.05, 0.1) is 11.9 Å². The fourth-order valence-corrected chi connectivity index (χ4v) is 1.50. The van der Waals surface area contributed by atoms with Gasteiger partial charge in [0.1, 0.15) is 0 Å². The number of sulfonamides is 1. The number of aromatic nitrogens is 2. The number of nitrogens with one attached hydrogen (secondary N) is 2. The van der Waals surface area contributed by atoms with Crippen LogP contribution in [0, 0.1) is 13.8 Å². The monoisotopic (exact) mass is 231 g/mol. The number of aromatic amines is 1. The average Bonchev–Trinajstić information content (AvgIpc) is 2.10. The van der Waals surface area contributed by atoms with Crippen LogP contribution >= 0.6 is 0 Å². The maximum absolute atomic E-state index is 11.4. The SMILES string of the molecule is Cc1n[nH]c(=O)c(CNS(C)(=O)=O)c1C. The Kier molecular flexibility index (Phi) is 3.25. The van der Waals surface area contributed by atoms with Gasteiger partial charge < -0.3 is 0 Å². The normalized spacial score (nSPS) is 11.7. The Balaban J connectivity index is 3.05. The van der Waals surface area contributed by atoms with Crippen molar-refractivity contribution in [2.45, 2.75) is 20.4 Å². The van der Waals surface area contributed by atoms with Crippen LogP contribution < -0.4 is 10.3 Å². The minimum absolute atomic E-state index is 0.0106. The van der Waals surface area contributed by atoms with E-state index in [1.807, 2.05) is 0 Å². The second kappa shape index (κ2) is 4.11. The third-order valence-electron chi connectivity index (χ3n) is 2.11. The summed E-state index contributed by atoms with van der Waals surface area (Å²) in [6, 6.07) is 0. The summed E-state index contributed by atoms with van der Waals surface area (Å²) in [5, 5.41) is 6.07. The van der Waals surface area contributed by atoms with Crippen LogP contribution in [0.4, 0.5) is 0 Å². The molecule has 1 heterocycles. The predicted molar refractivity (Wildman–Crippen MR) is 56.0 cm³/mol. The molecule has 0 radical (unpaired) electrons. The first-order chi connectivity index (χ1) is 6.81. The number of hydrogen-bond acceptors (Lipinski definition) is 4. The van der Waals surface area contributed by atoms with Crippen LogP contribution in [0.3, 0.4) is 0 Å². The largest absolute Gasteiger partial charge is 0.268 e. The molecule has 0 fully saturated rings. The van der Waals surface area contributed by atoms with Crippen LogP contribution in [0.2, 0.25) is 0 Å². The molecule has 0 unspecified atom stereocenters. The number of nitrogens with zero attached hydrogens (tertiary/aromatic N) is 1. The predicted octanol–water partition coefficient (Wildman–Crippen LogP) is -0.564. The van der Waals surface area contributed by atoms with Crippen LogP contribution in [0.25, 0.3) is 0 Å². The Morgan fingerprint density at radius 2 is 2.00 bits per heavy atom. The van der Waals surface area contributed by atoms with Gasteiger partial charge in [-0.25, -0.2) is 18.2 Å². The summed E-state index contributed by atoms with van der Waals surface area (Å²) in [7, 11) is -3.29. The lowest BCUT2D eigenvalue weighted by Gasteiger charge is -2.06. The molecule has 1 aromatic rings. The Hall–Kier alpha value is -1.21. The van der Waals surface area contributed by atoms with Crippen LogP contribution in [-0.2, 0) is 16.6 Å². The summed E-state index contributed by atoms with van der Waals surface area (Å²) < 4.78 is 24.0. The molecule has 0 aliphatic carbocycles. The summed E-state index contributed by atoms with van der Waals surface area (Å²) >= 11 is 0. The van der Waals surface area contributed by atoms with E-state index in [1.165, 1.54) is 0 Å². The minimum atomic E-state index is -3.29. The molecule has 2 N–H and O–H groups in total. The van der Waals surface area contributed by atoms with Crippen molar-refractivity contribution in [3.05, 3.63) is 27.2 Å². The fraction of sp³-hybridized carbons (Fsp3) is 0.500. The lowest BCUT2D eigenvalue weighted by molar-refractivity contribution is 0.587. The molecule has 0 aliphatic rings. The highest BCUT2D eigenvalue weighted by molar-refractivity contribution is 7.88. The second-order valence-corrected chi connectivity index (χ2v) is 5.17. The molecule has 0 saturated heterocycles.